The molecule has 6 heteroatoms. The number of aromatic nitrogens is 1. The predicted molar refractivity (Wildman–Crippen MR) is 92.2 cm³/mol. The Balaban J connectivity index is 1.63. The molecule has 1 aromatic heterocycles. The van der Waals surface area contributed by atoms with Gasteiger partial charge in [-0.3, -0.25) is 4.79 Å². The van der Waals surface area contributed by atoms with Gasteiger partial charge in [-0.15, -0.1) is 0 Å². The standard InChI is InChI=1S/C16H13BrN2O2S/c1-10-6-7-11(17)8-13(10)18-15(20)9-22-16-19-12-4-2-3-5-14(12)21-16/h2-8H,9H2,1H3,(H,18,20). The molecular weight excluding hydrogens is 364 g/mol. The first-order valence-electron chi connectivity index (χ1n) is 6.66. The Hall–Kier alpha value is -1.79. The van der Waals surface area contributed by atoms with Crippen molar-refractivity contribution in [3.63, 3.8) is 0 Å². The van der Waals surface area contributed by atoms with E-state index >= 15 is 0 Å². The summed E-state index contributed by atoms with van der Waals surface area (Å²) in [5.74, 6) is 0.159. The first-order valence-corrected chi connectivity index (χ1v) is 8.44. The van der Waals surface area contributed by atoms with Crippen LogP contribution in [0.4, 0.5) is 5.69 Å². The van der Waals surface area contributed by atoms with Crippen molar-refractivity contribution >= 4 is 50.4 Å². The van der Waals surface area contributed by atoms with Gasteiger partial charge in [-0.1, -0.05) is 45.9 Å². The van der Waals surface area contributed by atoms with E-state index in [1.807, 2.05) is 49.4 Å². The minimum absolute atomic E-state index is 0.0894. The van der Waals surface area contributed by atoms with Gasteiger partial charge in [0.05, 0.1) is 5.75 Å². The Morgan fingerprint density at radius 3 is 2.95 bits per heavy atom. The summed E-state index contributed by atoms with van der Waals surface area (Å²) in [5.41, 5.74) is 3.35. The number of amides is 1. The van der Waals surface area contributed by atoms with Gasteiger partial charge in [0.1, 0.15) is 5.52 Å². The molecule has 1 heterocycles. The van der Waals surface area contributed by atoms with Crippen LogP contribution in [0, 0.1) is 6.92 Å². The highest BCUT2D eigenvalue weighted by Gasteiger charge is 2.10. The van der Waals surface area contributed by atoms with Crippen LogP contribution in [0.5, 0.6) is 0 Å². The first-order chi connectivity index (χ1) is 10.6. The number of aryl methyl sites for hydroxylation is 1. The van der Waals surface area contributed by atoms with Gasteiger partial charge in [-0.25, -0.2) is 4.98 Å². The number of oxazole rings is 1. The van der Waals surface area contributed by atoms with E-state index in [9.17, 15) is 4.79 Å². The van der Waals surface area contributed by atoms with Crippen molar-refractivity contribution in [3.8, 4) is 0 Å². The van der Waals surface area contributed by atoms with E-state index in [1.54, 1.807) is 0 Å². The van der Waals surface area contributed by atoms with Crippen molar-refractivity contribution in [2.24, 2.45) is 0 Å². The molecule has 0 spiro atoms. The highest BCUT2D eigenvalue weighted by atomic mass is 79.9. The lowest BCUT2D eigenvalue weighted by Crippen LogP contribution is -2.14. The monoisotopic (exact) mass is 376 g/mol. The molecule has 2 aromatic carbocycles. The zero-order chi connectivity index (χ0) is 15.5. The van der Waals surface area contributed by atoms with Crippen molar-refractivity contribution in [1.82, 2.24) is 4.98 Å². The van der Waals surface area contributed by atoms with Gasteiger partial charge in [-0.05, 0) is 36.8 Å². The molecule has 112 valence electrons. The Morgan fingerprint density at radius 2 is 2.14 bits per heavy atom. The number of carbonyl (C=O) groups excluding carboxylic acids is 1. The van der Waals surface area contributed by atoms with E-state index < -0.39 is 0 Å². The molecule has 1 amide bonds. The molecule has 0 fully saturated rings. The Morgan fingerprint density at radius 1 is 1.32 bits per heavy atom. The summed E-state index contributed by atoms with van der Waals surface area (Å²) >= 11 is 4.68. The van der Waals surface area contributed by atoms with Gasteiger partial charge in [0, 0.05) is 10.2 Å². The summed E-state index contributed by atoms with van der Waals surface area (Å²) in [4.78, 5) is 16.4. The normalized spacial score (nSPS) is 10.8. The lowest BCUT2D eigenvalue weighted by atomic mass is 10.2. The fraction of sp³-hybridized carbons (Fsp3) is 0.125. The summed E-state index contributed by atoms with van der Waals surface area (Å²) in [6, 6.07) is 13.3. The summed E-state index contributed by atoms with van der Waals surface area (Å²) < 4.78 is 6.51. The number of nitrogens with one attached hydrogen (secondary N) is 1. The number of rotatable bonds is 4. The lowest BCUT2D eigenvalue weighted by molar-refractivity contribution is -0.113. The highest BCUT2D eigenvalue weighted by molar-refractivity contribution is 9.10. The number of para-hydroxylation sites is 2. The zero-order valence-electron chi connectivity index (χ0n) is 11.8. The number of benzene rings is 2. The lowest BCUT2D eigenvalue weighted by Gasteiger charge is -2.08. The fourth-order valence-corrected chi connectivity index (χ4v) is 2.95. The molecule has 0 atom stereocenters. The number of halogens is 1. The number of fused-ring (bicyclic) bond motifs is 1. The van der Waals surface area contributed by atoms with Gasteiger partial charge in [0.15, 0.2) is 5.58 Å². The smallest absolute Gasteiger partial charge is 0.257 e. The van der Waals surface area contributed by atoms with E-state index in [1.165, 1.54) is 11.8 Å². The molecule has 0 aliphatic heterocycles. The molecular formula is C16H13BrN2O2S. The topological polar surface area (TPSA) is 55.1 Å². The largest absolute Gasteiger partial charge is 0.431 e. The molecule has 3 rings (SSSR count). The van der Waals surface area contributed by atoms with Gasteiger partial charge >= 0.3 is 0 Å². The molecule has 0 unspecified atom stereocenters. The van der Waals surface area contributed by atoms with Crippen molar-refractivity contribution < 1.29 is 9.21 Å². The molecule has 0 aliphatic carbocycles. The Labute approximate surface area is 140 Å². The Kier molecular flexibility index (Phi) is 4.49. The van der Waals surface area contributed by atoms with Crippen LogP contribution < -0.4 is 5.32 Å². The van der Waals surface area contributed by atoms with E-state index in [0.717, 1.165) is 26.8 Å². The van der Waals surface area contributed by atoms with Crippen molar-refractivity contribution in [3.05, 3.63) is 52.5 Å². The van der Waals surface area contributed by atoms with E-state index in [4.69, 9.17) is 4.42 Å². The number of carbonyl (C=O) groups is 1. The summed E-state index contributed by atoms with van der Waals surface area (Å²) in [6.45, 7) is 1.95. The number of hydrogen-bond acceptors (Lipinski definition) is 4. The average Bonchev–Trinajstić information content (AvgIpc) is 2.92. The maximum Gasteiger partial charge on any atom is 0.257 e. The molecule has 0 bridgehead atoms. The summed E-state index contributed by atoms with van der Waals surface area (Å²) in [5, 5.41) is 3.40. The van der Waals surface area contributed by atoms with Crippen LogP contribution in [0.25, 0.3) is 11.1 Å². The van der Waals surface area contributed by atoms with Crippen LogP contribution in [0.3, 0.4) is 0 Å². The average molecular weight is 377 g/mol. The number of thioether (sulfide) groups is 1. The second-order valence-corrected chi connectivity index (χ2v) is 6.59. The second kappa shape index (κ2) is 6.54. The third kappa shape index (κ3) is 3.51. The number of anilines is 1. The van der Waals surface area contributed by atoms with E-state index in [0.29, 0.717) is 5.22 Å². The van der Waals surface area contributed by atoms with Crippen LogP contribution in [0.15, 0.2) is 56.6 Å². The molecule has 0 radical (unpaired) electrons. The van der Waals surface area contributed by atoms with Crippen molar-refractivity contribution in [2.75, 3.05) is 11.1 Å². The molecule has 0 saturated carbocycles. The molecule has 4 nitrogen and oxygen atoms in total. The molecule has 3 aromatic rings. The number of nitrogens with zero attached hydrogens (tertiary/aromatic N) is 1. The van der Waals surface area contributed by atoms with Crippen LogP contribution in [0.2, 0.25) is 0 Å². The second-order valence-electron chi connectivity index (χ2n) is 4.74. The maximum absolute atomic E-state index is 12.0. The maximum atomic E-state index is 12.0. The van der Waals surface area contributed by atoms with Crippen LogP contribution in [0.1, 0.15) is 5.56 Å². The summed E-state index contributed by atoms with van der Waals surface area (Å²) in [6.07, 6.45) is 0. The van der Waals surface area contributed by atoms with E-state index in [2.05, 4.69) is 26.2 Å². The third-order valence-electron chi connectivity index (χ3n) is 3.07. The molecule has 1 N–H and O–H groups in total. The molecule has 0 saturated heterocycles. The van der Waals surface area contributed by atoms with Crippen molar-refractivity contribution in [2.45, 2.75) is 12.1 Å². The third-order valence-corrected chi connectivity index (χ3v) is 4.40. The van der Waals surface area contributed by atoms with Gasteiger partial charge in [0.2, 0.25) is 5.91 Å². The zero-order valence-corrected chi connectivity index (χ0v) is 14.2. The minimum atomic E-state index is -0.0894. The first kappa shape index (κ1) is 15.1. The molecule has 22 heavy (non-hydrogen) atoms. The fourth-order valence-electron chi connectivity index (χ4n) is 1.96. The highest BCUT2D eigenvalue weighted by Crippen LogP contribution is 2.24. The van der Waals surface area contributed by atoms with Crippen LogP contribution in [-0.4, -0.2) is 16.6 Å². The SMILES string of the molecule is Cc1ccc(Br)cc1NC(=O)CSc1nc2ccccc2o1. The van der Waals surface area contributed by atoms with E-state index in [-0.39, 0.29) is 11.7 Å². The van der Waals surface area contributed by atoms with Crippen LogP contribution in [-0.2, 0) is 4.79 Å². The predicted octanol–water partition coefficient (Wildman–Crippen LogP) is 4.63. The summed E-state index contributed by atoms with van der Waals surface area (Å²) in [7, 11) is 0. The van der Waals surface area contributed by atoms with Gasteiger partial charge in [0.25, 0.3) is 5.22 Å². The number of hydrogen-bond donors (Lipinski definition) is 1. The minimum Gasteiger partial charge on any atom is -0.431 e. The molecule has 0 aliphatic rings. The Bertz CT molecular complexity index is 799. The van der Waals surface area contributed by atoms with Crippen molar-refractivity contribution in [1.29, 1.82) is 0 Å². The quantitative estimate of drug-likeness (QED) is 0.674. The van der Waals surface area contributed by atoms with Crippen LogP contribution >= 0.6 is 27.7 Å². The van der Waals surface area contributed by atoms with Gasteiger partial charge in [-0.2, -0.15) is 0 Å². The van der Waals surface area contributed by atoms with Gasteiger partial charge < -0.3 is 9.73 Å².